The molecule has 246 valence electrons. The van der Waals surface area contributed by atoms with E-state index in [1.807, 2.05) is 18.0 Å². The Morgan fingerprint density at radius 1 is 0.894 bits per heavy atom. The van der Waals surface area contributed by atoms with Gasteiger partial charge >= 0.3 is 0 Å². The first-order chi connectivity index (χ1) is 23.0. The zero-order chi connectivity index (χ0) is 33.5. The molecule has 0 aromatic heterocycles. The van der Waals surface area contributed by atoms with Gasteiger partial charge in [0.25, 0.3) is 0 Å². The van der Waals surface area contributed by atoms with E-state index >= 15 is 0 Å². The maximum Gasteiger partial charge on any atom is 0.172 e. The number of nitrogens with one attached hydrogen (secondary N) is 1. The Balaban J connectivity index is 1.47. The summed E-state index contributed by atoms with van der Waals surface area (Å²) in [6.45, 7) is 7.97. The fourth-order valence-corrected chi connectivity index (χ4v) is 7.57. The molecule has 8 heteroatoms. The highest BCUT2D eigenvalue weighted by molar-refractivity contribution is 8.23. The summed E-state index contributed by atoms with van der Waals surface area (Å²) < 4.78 is 1.89. The van der Waals surface area contributed by atoms with Crippen molar-refractivity contribution in [3.8, 4) is 0 Å². The largest absolute Gasteiger partial charge is 0.297 e. The summed E-state index contributed by atoms with van der Waals surface area (Å²) in [6.07, 6.45) is 21.6. The number of aryl methyl sites for hydroxylation is 1. The Kier molecular flexibility index (Phi) is 19.8. The number of hydrogen-bond acceptors (Lipinski definition) is 6. The molecule has 0 aliphatic rings. The highest BCUT2D eigenvalue weighted by Gasteiger charge is 2.10. The summed E-state index contributed by atoms with van der Waals surface area (Å²) in [6, 6.07) is 25.9. The molecule has 3 aromatic carbocycles. The van der Waals surface area contributed by atoms with E-state index in [1.54, 1.807) is 17.8 Å². The second kappa shape index (κ2) is 23.9. The number of thiocarbonyl (C=S) groups is 2. The molecular weight excluding hydrogens is 646 g/mol. The maximum atomic E-state index is 5.86. The van der Waals surface area contributed by atoms with Crippen LogP contribution in [-0.2, 0) is 0 Å². The molecule has 1 atom stereocenters. The summed E-state index contributed by atoms with van der Waals surface area (Å²) in [5.74, 6) is 0. The van der Waals surface area contributed by atoms with E-state index in [0.29, 0.717) is 0 Å². The molecule has 0 heterocycles. The van der Waals surface area contributed by atoms with Crippen LogP contribution in [0.2, 0.25) is 12.6 Å². The summed E-state index contributed by atoms with van der Waals surface area (Å²) in [5, 5.41) is 4.94. The molecule has 1 N–H and O–H groups in total. The third-order valence-corrected chi connectivity index (χ3v) is 11.0. The Morgan fingerprint density at radius 2 is 1.64 bits per heavy atom. The van der Waals surface area contributed by atoms with E-state index in [1.165, 1.54) is 73.5 Å². The van der Waals surface area contributed by atoms with Gasteiger partial charge in [-0.05, 0) is 78.8 Å². The van der Waals surface area contributed by atoms with Gasteiger partial charge in [-0.1, -0.05) is 178 Å². The van der Waals surface area contributed by atoms with E-state index in [0.717, 1.165) is 52.4 Å². The SMILES string of the molecule is C=CC(=S)BCCCCCCBc1ccc(C(=S)Sc2ccc(C)c(/C=N/NC(CCCCC/C=C\C)Sc3ccccc3)c2)cc1. The van der Waals surface area contributed by atoms with Crippen molar-refractivity contribution in [3.05, 3.63) is 114 Å². The quantitative estimate of drug-likeness (QED) is 0.0122. The Morgan fingerprint density at radius 3 is 2.38 bits per heavy atom. The highest BCUT2D eigenvalue weighted by atomic mass is 32.2. The number of benzene rings is 3. The smallest absolute Gasteiger partial charge is 0.172 e. The zero-order valence-corrected chi connectivity index (χ0v) is 31.6. The van der Waals surface area contributed by atoms with E-state index < -0.39 is 0 Å². The molecular formula is C39H50B2N2S4. The van der Waals surface area contributed by atoms with E-state index in [4.69, 9.17) is 29.5 Å². The van der Waals surface area contributed by atoms with Crippen LogP contribution < -0.4 is 10.9 Å². The van der Waals surface area contributed by atoms with Crippen LogP contribution in [0.5, 0.6) is 0 Å². The lowest BCUT2D eigenvalue weighted by atomic mass is 9.66. The summed E-state index contributed by atoms with van der Waals surface area (Å²) in [7, 11) is 2.13. The summed E-state index contributed by atoms with van der Waals surface area (Å²) >= 11 is 14.6. The molecule has 2 nitrogen and oxygen atoms in total. The van der Waals surface area contributed by atoms with E-state index in [-0.39, 0.29) is 5.37 Å². The first-order valence-electron chi connectivity index (χ1n) is 17.2. The average Bonchev–Trinajstić information content (AvgIpc) is 3.09. The van der Waals surface area contributed by atoms with Gasteiger partial charge in [-0.25, -0.2) is 0 Å². The van der Waals surface area contributed by atoms with Crippen LogP contribution in [0.25, 0.3) is 0 Å². The van der Waals surface area contributed by atoms with Crippen molar-refractivity contribution in [1.29, 1.82) is 0 Å². The number of rotatable bonds is 23. The molecule has 0 spiro atoms. The minimum absolute atomic E-state index is 0.223. The molecule has 0 bridgehead atoms. The minimum Gasteiger partial charge on any atom is -0.297 e. The van der Waals surface area contributed by atoms with Crippen LogP contribution in [0.4, 0.5) is 0 Å². The van der Waals surface area contributed by atoms with Gasteiger partial charge in [-0.3, -0.25) is 5.43 Å². The fourth-order valence-electron chi connectivity index (χ4n) is 5.17. The number of allylic oxidation sites excluding steroid dienone is 3. The molecule has 0 fully saturated rings. The standard InChI is InChI=1S/C39H50B2N2S4/c1-4-6-7-8-9-15-20-38(46-35-18-13-12-14-19-35)43-42-30-33-29-36(26-21-31(33)3)47-39(45)32-22-24-34(25-23-32)40-27-16-10-11-17-28-41-37(44)5-2/h4-6,12-14,18-19,21-26,29-30,38,40-41,43H,2,7-11,15-17,20,27-28H2,1,3H3/b6-4-,42-30+. The third kappa shape index (κ3) is 16.5. The molecule has 0 aliphatic heterocycles. The predicted molar refractivity (Wildman–Crippen MR) is 225 cm³/mol. The number of hydrogen-bond donors (Lipinski definition) is 1. The fraction of sp³-hybridized carbons (Fsp3) is 0.359. The van der Waals surface area contributed by atoms with Gasteiger partial charge < -0.3 is 0 Å². The summed E-state index contributed by atoms with van der Waals surface area (Å²) in [4.78, 5) is 2.39. The molecule has 0 saturated carbocycles. The Labute approximate surface area is 305 Å². The van der Waals surface area contributed by atoms with Crippen molar-refractivity contribution in [2.75, 3.05) is 0 Å². The lowest BCUT2D eigenvalue weighted by molar-refractivity contribution is 0.576. The van der Waals surface area contributed by atoms with Gasteiger partial charge in [-0.2, -0.15) is 5.10 Å². The van der Waals surface area contributed by atoms with Crippen LogP contribution in [-0.4, -0.2) is 35.1 Å². The molecule has 0 aliphatic carbocycles. The lowest BCUT2D eigenvalue weighted by Crippen LogP contribution is -2.20. The average molecular weight is 697 g/mol. The number of thioether (sulfide) groups is 2. The minimum atomic E-state index is 0.223. The van der Waals surface area contributed by atoms with Crippen LogP contribution in [0.3, 0.4) is 0 Å². The summed E-state index contributed by atoms with van der Waals surface area (Å²) in [5.41, 5.74) is 8.25. The number of unbranched alkanes of at least 4 members (excludes halogenated alkanes) is 6. The van der Waals surface area contributed by atoms with Gasteiger partial charge in [0.05, 0.1) is 15.8 Å². The first kappa shape index (κ1) is 39.1. The lowest BCUT2D eigenvalue weighted by Gasteiger charge is -2.16. The molecule has 0 amide bonds. The van der Waals surface area contributed by atoms with Crippen molar-refractivity contribution in [3.63, 3.8) is 0 Å². The topological polar surface area (TPSA) is 24.4 Å². The normalized spacial score (nSPS) is 11.9. The van der Waals surface area contributed by atoms with Crippen molar-refractivity contribution in [2.45, 2.75) is 99.4 Å². The van der Waals surface area contributed by atoms with Crippen LogP contribution in [0.15, 0.2) is 112 Å². The van der Waals surface area contributed by atoms with Gasteiger partial charge in [0.1, 0.15) is 0 Å². The van der Waals surface area contributed by atoms with E-state index in [2.05, 4.69) is 111 Å². The van der Waals surface area contributed by atoms with Crippen LogP contribution in [0, 0.1) is 6.92 Å². The van der Waals surface area contributed by atoms with Gasteiger partial charge in [-0.15, -0.1) is 0 Å². The highest BCUT2D eigenvalue weighted by Crippen LogP contribution is 2.27. The molecule has 3 aromatic rings. The van der Waals surface area contributed by atoms with Gasteiger partial charge in [0.2, 0.25) is 0 Å². The van der Waals surface area contributed by atoms with Crippen molar-refractivity contribution in [2.24, 2.45) is 5.10 Å². The van der Waals surface area contributed by atoms with E-state index in [9.17, 15) is 0 Å². The van der Waals surface area contributed by atoms with Crippen LogP contribution >= 0.6 is 48.0 Å². The van der Waals surface area contributed by atoms with Gasteiger partial charge in [0.15, 0.2) is 14.6 Å². The molecule has 0 radical (unpaired) electrons. The Hall–Kier alpha value is -2.38. The Bertz CT molecular complexity index is 1420. The third-order valence-electron chi connectivity index (χ3n) is 8.03. The molecule has 3 rings (SSSR count). The molecule has 1 unspecified atom stereocenters. The second-order valence-electron chi connectivity index (χ2n) is 11.9. The predicted octanol–water partition coefficient (Wildman–Crippen LogP) is 10.4. The molecule has 0 saturated heterocycles. The number of nitrogens with zero attached hydrogens (tertiary/aromatic N) is 1. The van der Waals surface area contributed by atoms with Crippen molar-refractivity contribution < 1.29 is 0 Å². The first-order valence-corrected chi connectivity index (χ1v) is 19.7. The van der Waals surface area contributed by atoms with Crippen molar-refractivity contribution >= 4 is 83.2 Å². The van der Waals surface area contributed by atoms with Crippen LogP contribution in [0.1, 0.15) is 81.4 Å². The number of hydrazone groups is 1. The zero-order valence-electron chi connectivity index (χ0n) is 28.3. The van der Waals surface area contributed by atoms with Crippen molar-refractivity contribution in [1.82, 2.24) is 5.43 Å². The maximum absolute atomic E-state index is 5.86. The van der Waals surface area contributed by atoms with Gasteiger partial charge in [0, 0.05) is 9.79 Å². The second-order valence-corrected chi connectivity index (χ2v) is 15.5. The molecule has 47 heavy (non-hydrogen) atoms. The monoisotopic (exact) mass is 696 g/mol.